The van der Waals surface area contributed by atoms with Crippen LogP contribution in [0.4, 0.5) is 0 Å². The molecular formula is C20H21N5O2. The van der Waals surface area contributed by atoms with E-state index in [9.17, 15) is 9.59 Å². The highest BCUT2D eigenvalue weighted by molar-refractivity contribution is 5.95. The maximum atomic E-state index is 12.1. The lowest BCUT2D eigenvalue weighted by Gasteiger charge is -2.09. The van der Waals surface area contributed by atoms with Crippen LogP contribution >= 0.6 is 0 Å². The van der Waals surface area contributed by atoms with Crippen LogP contribution in [0.25, 0.3) is 5.82 Å². The molecule has 0 saturated heterocycles. The molecule has 138 valence electrons. The molecule has 0 aliphatic heterocycles. The van der Waals surface area contributed by atoms with E-state index >= 15 is 0 Å². The molecule has 27 heavy (non-hydrogen) atoms. The third-order valence-corrected chi connectivity index (χ3v) is 4.07. The molecule has 7 nitrogen and oxygen atoms in total. The molecule has 2 amide bonds. The number of benzene rings is 1. The Morgan fingerprint density at radius 1 is 1.07 bits per heavy atom. The summed E-state index contributed by atoms with van der Waals surface area (Å²) >= 11 is 0. The first-order valence-corrected chi connectivity index (χ1v) is 8.69. The van der Waals surface area contributed by atoms with Gasteiger partial charge in [0.15, 0.2) is 5.82 Å². The number of carbonyl (C=O) groups is 2. The summed E-state index contributed by atoms with van der Waals surface area (Å²) in [5.74, 6) is 0.397. The number of hydrogen-bond acceptors (Lipinski definition) is 4. The summed E-state index contributed by atoms with van der Waals surface area (Å²) in [5, 5.41) is 9.76. The van der Waals surface area contributed by atoms with E-state index < -0.39 is 0 Å². The van der Waals surface area contributed by atoms with E-state index in [0.29, 0.717) is 17.9 Å². The lowest BCUT2D eigenvalue weighted by Crippen LogP contribution is -2.30. The fourth-order valence-electron chi connectivity index (χ4n) is 2.60. The van der Waals surface area contributed by atoms with Crippen molar-refractivity contribution in [3.05, 3.63) is 77.7 Å². The quantitative estimate of drug-likeness (QED) is 0.672. The van der Waals surface area contributed by atoms with E-state index in [-0.39, 0.29) is 24.8 Å². The molecule has 3 rings (SSSR count). The Kier molecular flexibility index (Phi) is 5.94. The molecule has 2 N–H and O–H groups in total. The lowest BCUT2D eigenvalue weighted by molar-refractivity contribution is -0.121. The van der Waals surface area contributed by atoms with Gasteiger partial charge < -0.3 is 10.6 Å². The van der Waals surface area contributed by atoms with Crippen LogP contribution in [-0.2, 0) is 11.3 Å². The zero-order valence-corrected chi connectivity index (χ0v) is 15.1. The largest absolute Gasteiger partial charge is 0.352 e. The number of aryl methyl sites for hydroxylation is 1. The van der Waals surface area contributed by atoms with Crippen molar-refractivity contribution in [3.8, 4) is 5.82 Å². The molecule has 0 spiro atoms. The average Bonchev–Trinajstić information content (AvgIpc) is 3.22. The van der Waals surface area contributed by atoms with Gasteiger partial charge in [0, 0.05) is 43.7 Å². The zero-order chi connectivity index (χ0) is 19.1. The van der Waals surface area contributed by atoms with Gasteiger partial charge in [0.25, 0.3) is 5.91 Å². The minimum atomic E-state index is -0.168. The number of carbonyl (C=O) groups excluding carboxylic acids is 2. The Labute approximate surface area is 157 Å². The molecule has 0 aliphatic carbocycles. The molecule has 3 aromatic rings. The zero-order valence-electron chi connectivity index (χ0n) is 15.1. The van der Waals surface area contributed by atoms with E-state index in [1.807, 2.05) is 49.5 Å². The SMILES string of the molecule is Cc1ccccc1C(=O)NCCC(=O)NCc1ccnc(-n2cccn2)c1. The van der Waals surface area contributed by atoms with Crippen molar-refractivity contribution in [3.63, 3.8) is 0 Å². The molecule has 0 aliphatic rings. The number of nitrogens with one attached hydrogen (secondary N) is 2. The molecule has 7 heteroatoms. The molecule has 0 bridgehead atoms. The summed E-state index contributed by atoms with van der Waals surface area (Å²) in [4.78, 5) is 28.4. The normalized spacial score (nSPS) is 10.4. The molecule has 0 fully saturated rings. The maximum Gasteiger partial charge on any atom is 0.251 e. The average molecular weight is 363 g/mol. The van der Waals surface area contributed by atoms with Crippen molar-refractivity contribution in [1.29, 1.82) is 0 Å². The number of hydrogen-bond donors (Lipinski definition) is 2. The number of pyridine rings is 1. The molecule has 0 radical (unpaired) electrons. The third kappa shape index (κ3) is 5.01. The van der Waals surface area contributed by atoms with Gasteiger partial charge in [-0.1, -0.05) is 18.2 Å². The van der Waals surface area contributed by atoms with Crippen LogP contribution in [0.3, 0.4) is 0 Å². The van der Waals surface area contributed by atoms with Crippen molar-refractivity contribution in [2.75, 3.05) is 6.54 Å². The van der Waals surface area contributed by atoms with Crippen molar-refractivity contribution in [1.82, 2.24) is 25.4 Å². The minimum absolute atomic E-state index is 0.127. The van der Waals surface area contributed by atoms with Gasteiger partial charge in [-0.2, -0.15) is 5.10 Å². The first-order chi connectivity index (χ1) is 13.1. The third-order valence-electron chi connectivity index (χ3n) is 4.07. The number of aromatic nitrogens is 3. The molecular weight excluding hydrogens is 342 g/mol. The highest BCUT2D eigenvalue weighted by Gasteiger charge is 2.09. The van der Waals surface area contributed by atoms with E-state index in [1.165, 1.54) is 0 Å². The minimum Gasteiger partial charge on any atom is -0.352 e. The molecule has 0 atom stereocenters. The van der Waals surface area contributed by atoms with Crippen molar-refractivity contribution >= 4 is 11.8 Å². The Morgan fingerprint density at radius 2 is 1.93 bits per heavy atom. The maximum absolute atomic E-state index is 12.1. The predicted molar refractivity (Wildman–Crippen MR) is 101 cm³/mol. The van der Waals surface area contributed by atoms with E-state index in [0.717, 1.165) is 11.1 Å². The topological polar surface area (TPSA) is 88.9 Å². The summed E-state index contributed by atoms with van der Waals surface area (Å²) in [5.41, 5.74) is 2.46. The fourth-order valence-corrected chi connectivity index (χ4v) is 2.60. The van der Waals surface area contributed by atoms with Gasteiger partial charge in [0.1, 0.15) is 0 Å². The van der Waals surface area contributed by atoms with Crippen LogP contribution < -0.4 is 10.6 Å². The monoisotopic (exact) mass is 363 g/mol. The molecule has 2 heterocycles. The van der Waals surface area contributed by atoms with Crippen LogP contribution in [0.1, 0.15) is 27.9 Å². The van der Waals surface area contributed by atoms with Gasteiger partial charge in [-0.3, -0.25) is 9.59 Å². The second-order valence-electron chi connectivity index (χ2n) is 6.07. The van der Waals surface area contributed by atoms with Crippen LogP contribution in [0.2, 0.25) is 0 Å². The van der Waals surface area contributed by atoms with Crippen LogP contribution in [0.5, 0.6) is 0 Å². The van der Waals surface area contributed by atoms with Gasteiger partial charge in [-0.25, -0.2) is 9.67 Å². The standard InChI is InChI=1S/C20H21N5O2/c1-15-5-2-3-6-17(15)20(27)22-11-8-19(26)23-14-16-7-10-21-18(13-16)25-12-4-9-24-25/h2-7,9-10,12-13H,8,11,14H2,1H3,(H,22,27)(H,23,26). The van der Waals surface area contributed by atoms with Gasteiger partial charge in [0.2, 0.25) is 5.91 Å². The van der Waals surface area contributed by atoms with Gasteiger partial charge in [-0.05, 0) is 42.3 Å². The number of amides is 2. The van der Waals surface area contributed by atoms with Crippen molar-refractivity contribution in [2.45, 2.75) is 19.9 Å². The molecule has 2 aromatic heterocycles. The highest BCUT2D eigenvalue weighted by atomic mass is 16.2. The summed E-state index contributed by atoms with van der Waals surface area (Å²) in [7, 11) is 0. The molecule has 1 aromatic carbocycles. The fraction of sp³-hybridized carbons (Fsp3) is 0.200. The smallest absolute Gasteiger partial charge is 0.251 e. The van der Waals surface area contributed by atoms with Gasteiger partial charge >= 0.3 is 0 Å². The van der Waals surface area contributed by atoms with E-state index in [2.05, 4.69) is 20.7 Å². The Bertz CT molecular complexity index is 922. The molecule has 0 unspecified atom stereocenters. The summed E-state index contributed by atoms with van der Waals surface area (Å²) in [6, 6.07) is 12.9. The second kappa shape index (κ2) is 8.75. The number of rotatable bonds is 7. The first kappa shape index (κ1) is 18.3. The van der Waals surface area contributed by atoms with Gasteiger partial charge in [-0.15, -0.1) is 0 Å². The van der Waals surface area contributed by atoms with E-state index in [1.54, 1.807) is 23.1 Å². The predicted octanol–water partition coefficient (Wildman–Crippen LogP) is 2.01. The summed E-state index contributed by atoms with van der Waals surface area (Å²) < 4.78 is 1.66. The van der Waals surface area contributed by atoms with Crippen LogP contribution in [0, 0.1) is 6.92 Å². The highest BCUT2D eigenvalue weighted by Crippen LogP contribution is 2.07. The van der Waals surface area contributed by atoms with E-state index in [4.69, 9.17) is 0 Å². The number of nitrogens with zero attached hydrogens (tertiary/aromatic N) is 3. The first-order valence-electron chi connectivity index (χ1n) is 8.69. The van der Waals surface area contributed by atoms with Crippen LogP contribution in [-0.4, -0.2) is 33.1 Å². The van der Waals surface area contributed by atoms with Gasteiger partial charge in [0.05, 0.1) is 0 Å². The Morgan fingerprint density at radius 3 is 2.70 bits per heavy atom. The summed E-state index contributed by atoms with van der Waals surface area (Å²) in [6.07, 6.45) is 5.39. The Hall–Kier alpha value is -3.48. The second-order valence-corrected chi connectivity index (χ2v) is 6.07. The van der Waals surface area contributed by atoms with Crippen molar-refractivity contribution < 1.29 is 9.59 Å². The summed E-state index contributed by atoms with van der Waals surface area (Å²) in [6.45, 7) is 2.56. The van der Waals surface area contributed by atoms with Crippen molar-refractivity contribution in [2.24, 2.45) is 0 Å². The Balaban J connectivity index is 1.44. The molecule has 0 saturated carbocycles. The lowest BCUT2D eigenvalue weighted by atomic mass is 10.1. The van der Waals surface area contributed by atoms with Crippen LogP contribution in [0.15, 0.2) is 61.1 Å².